The van der Waals surface area contributed by atoms with E-state index in [9.17, 15) is 9.90 Å². The Morgan fingerprint density at radius 2 is 1.54 bits per heavy atom. The molecule has 2 aromatic heterocycles. The number of aliphatic hydroxyl groups excluding tert-OH is 1. The van der Waals surface area contributed by atoms with Crippen LogP contribution < -0.4 is 0 Å². The molecule has 4 nitrogen and oxygen atoms in total. The number of nitrogens with zero attached hydrogens (tertiary/aromatic N) is 1. The number of allylic oxidation sites excluding steroid dienone is 4. The first-order valence-corrected chi connectivity index (χ1v) is 19.5. The van der Waals surface area contributed by atoms with Crippen LogP contribution in [0.4, 0.5) is 0 Å². The van der Waals surface area contributed by atoms with Gasteiger partial charge in [-0.3, -0.25) is 9.78 Å². The van der Waals surface area contributed by atoms with Gasteiger partial charge in [-0.1, -0.05) is 116 Å². The van der Waals surface area contributed by atoms with E-state index >= 15 is 0 Å². The summed E-state index contributed by atoms with van der Waals surface area (Å²) >= 11 is 1.74. The van der Waals surface area contributed by atoms with Gasteiger partial charge in [0.15, 0.2) is 5.78 Å². The topological polar surface area (TPSA) is 59.4 Å². The quantitative estimate of drug-likeness (QED) is 0.103. The molecule has 1 radical (unpaired) electrons. The number of aliphatic hydroxyl groups is 1. The van der Waals surface area contributed by atoms with Crippen LogP contribution >= 0.6 is 11.3 Å². The maximum absolute atomic E-state index is 12.2. The number of carbonyl (C=O) groups is 1. The molecule has 4 aromatic rings. The smallest absolute Gasteiger partial charge is 0.164 e. The van der Waals surface area contributed by atoms with Crippen LogP contribution in [0.2, 0.25) is 0 Å². The summed E-state index contributed by atoms with van der Waals surface area (Å²) < 4.78 is 6.53. The van der Waals surface area contributed by atoms with E-state index in [0.717, 1.165) is 58.5 Å². The van der Waals surface area contributed by atoms with Crippen LogP contribution in [0.25, 0.3) is 38.0 Å². The summed E-state index contributed by atoms with van der Waals surface area (Å²) in [6.45, 7) is 23.2. The molecule has 2 atom stereocenters. The number of benzene rings is 2. The van der Waals surface area contributed by atoms with Crippen molar-refractivity contribution in [2.75, 3.05) is 0 Å². The third kappa shape index (κ3) is 8.25. The predicted molar refractivity (Wildman–Crippen MR) is 217 cm³/mol. The number of thiophene rings is 1. The normalized spacial score (nSPS) is 17.5. The Labute approximate surface area is 329 Å². The molecule has 0 bridgehead atoms. The van der Waals surface area contributed by atoms with Crippen LogP contribution in [-0.2, 0) is 35.1 Å². The molecule has 0 spiro atoms. The van der Waals surface area contributed by atoms with Gasteiger partial charge in [0.1, 0.15) is 22.5 Å². The number of aromatic nitrogens is 1. The van der Waals surface area contributed by atoms with Gasteiger partial charge < -0.3 is 9.84 Å². The summed E-state index contributed by atoms with van der Waals surface area (Å²) in [5, 5.41) is 13.7. The second kappa shape index (κ2) is 16.4. The fourth-order valence-corrected chi connectivity index (χ4v) is 7.78. The maximum Gasteiger partial charge on any atom is 0.164 e. The predicted octanol–water partition coefficient (Wildman–Crippen LogP) is 13.0. The first-order valence-electron chi connectivity index (χ1n) is 18.6. The van der Waals surface area contributed by atoms with Gasteiger partial charge in [-0.15, -0.1) is 40.5 Å². The number of ether oxygens (including phenoxy) is 1. The van der Waals surface area contributed by atoms with Crippen LogP contribution in [-0.4, -0.2) is 22.0 Å². The number of rotatable bonds is 9. The Balaban J connectivity index is 0.000000289. The SMILES string of the molecule is CC1=C(c2cc(-c3[c-]c4ccccc4c(C(C)(C)C)c3)nc3sc(C)cc23)OC2C=CC=CC12.CCC(C)(CC)C(=O)/C=C(\O)C(C)(CC)CC.[Ir]. The van der Waals surface area contributed by atoms with Gasteiger partial charge in [-0.25, -0.2) is 0 Å². The van der Waals surface area contributed by atoms with E-state index in [1.165, 1.54) is 32.9 Å². The monoisotopic (exact) mass is 895 g/mol. The molecule has 0 saturated heterocycles. The Bertz CT molecular complexity index is 2050. The third-order valence-corrected chi connectivity index (χ3v) is 12.5. The molecule has 0 saturated carbocycles. The number of pyridine rings is 1. The summed E-state index contributed by atoms with van der Waals surface area (Å²) in [5.41, 5.74) is 5.13. The zero-order valence-electron chi connectivity index (χ0n) is 32.9. The summed E-state index contributed by atoms with van der Waals surface area (Å²) in [4.78, 5) is 19.6. The summed E-state index contributed by atoms with van der Waals surface area (Å²) in [6, 6.07) is 19.0. The van der Waals surface area contributed by atoms with E-state index in [1.807, 2.05) is 41.5 Å². The second-order valence-electron chi connectivity index (χ2n) is 15.8. The average Bonchev–Trinajstić information content (AvgIpc) is 3.68. The number of fused-ring (bicyclic) bond motifs is 3. The first kappa shape index (κ1) is 41.4. The molecule has 2 aliphatic rings. The molecule has 6 rings (SSSR count). The molecule has 279 valence electrons. The van der Waals surface area contributed by atoms with Crippen molar-refractivity contribution in [1.29, 1.82) is 0 Å². The molecule has 2 aromatic carbocycles. The van der Waals surface area contributed by atoms with Crippen molar-refractivity contribution < 1.29 is 34.7 Å². The molecule has 1 aliphatic heterocycles. The van der Waals surface area contributed by atoms with E-state index in [1.54, 1.807) is 11.3 Å². The van der Waals surface area contributed by atoms with E-state index in [2.05, 4.69) is 107 Å². The van der Waals surface area contributed by atoms with Crippen LogP contribution in [0, 0.1) is 29.7 Å². The van der Waals surface area contributed by atoms with Gasteiger partial charge in [-0.05, 0) is 62.7 Å². The summed E-state index contributed by atoms with van der Waals surface area (Å²) in [7, 11) is 0. The second-order valence-corrected chi connectivity index (χ2v) is 17.1. The number of hydrogen-bond donors (Lipinski definition) is 1. The van der Waals surface area contributed by atoms with Crippen LogP contribution in [0.1, 0.15) is 111 Å². The Hall–Kier alpha value is -3.31. The molecular weight excluding hydrogens is 839 g/mol. The van der Waals surface area contributed by atoms with Gasteiger partial charge in [0.05, 0.1) is 0 Å². The van der Waals surface area contributed by atoms with Gasteiger partial charge in [0.2, 0.25) is 0 Å². The fourth-order valence-electron chi connectivity index (χ4n) is 6.88. The molecule has 52 heavy (non-hydrogen) atoms. The zero-order valence-corrected chi connectivity index (χ0v) is 36.1. The van der Waals surface area contributed by atoms with E-state index < -0.39 is 0 Å². The molecule has 2 unspecified atom stereocenters. The number of hydrogen-bond acceptors (Lipinski definition) is 5. The number of ketones is 1. The Morgan fingerprint density at radius 3 is 2.15 bits per heavy atom. The molecule has 0 amide bonds. The number of aryl methyl sites for hydroxylation is 1. The van der Waals surface area contributed by atoms with Gasteiger partial charge in [0.25, 0.3) is 0 Å². The van der Waals surface area contributed by atoms with Crippen molar-refractivity contribution in [3.63, 3.8) is 0 Å². The van der Waals surface area contributed by atoms with Crippen molar-refractivity contribution in [2.45, 2.75) is 113 Å². The zero-order chi connectivity index (χ0) is 37.3. The molecular formula is C46H56IrNO3S-. The Morgan fingerprint density at radius 1 is 0.904 bits per heavy atom. The molecule has 3 heterocycles. The van der Waals surface area contributed by atoms with Crippen LogP contribution in [0.15, 0.2) is 84.2 Å². The van der Waals surface area contributed by atoms with Crippen molar-refractivity contribution in [2.24, 2.45) is 16.7 Å². The van der Waals surface area contributed by atoms with E-state index in [-0.39, 0.29) is 54.0 Å². The maximum atomic E-state index is 12.2. The summed E-state index contributed by atoms with van der Waals surface area (Å²) in [6.07, 6.45) is 13.4. The molecule has 1 N–H and O–H groups in total. The minimum absolute atomic E-state index is 0. The van der Waals surface area contributed by atoms with Gasteiger partial charge in [0, 0.05) is 64.5 Å². The van der Waals surface area contributed by atoms with E-state index in [0.29, 0.717) is 5.92 Å². The van der Waals surface area contributed by atoms with Gasteiger partial charge in [-0.2, -0.15) is 0 Å². The first-order chi connectivity index (χ1) is 24.1. The van der Waals surface area contributed by atoms with Gasteiger partial charge >= 0.3 is 0 Å². The van der Waals surface area contributed by atoms with Crippen LogP contribution in [0.5, 0.6) is 0 Å². The van der Waals surface area contributed by atoms with Crippen molar-refractivity contribution in [1.82, 2.24) is 4.98 Å². The standard InChI is InChI=1S/C31H28NOS.C15H28O2.Ir/c1-18-14-25-24(29-19(2)22-11-8-9-13-28(22)33-29)17-27(32-30(25)34-18)21-15-20-10-6-7-12-23(20)26(16-21)31(3,4)5;1-7-14(5,8-2)12(16)11-13(17)15(6,9-3)10-4;/h6-14,16-17,22,28H,1-5H3;11,16H,7-10H2,1-6H3;/q-1;;/b;12-11-;. The van der Waals surface area contributed by atoms with Crippen molar-refractivity contribution in [3.05, 3.63) is 106 Å². The van der Waals surface area contributed by atoms with Crippen molar-refractivity contribution >= 4 is 43.9 Å². The fraction of sp³-hybridized carbons (Fsp3) is 0.435. The Kier molecular flexibility index (Phi) is 13.0. The number of carbonyl (C=O) groups excluding carboxylic acids is 1. The van der Waals surface area contributed by atoms with E-state index in [4.69, 9.17) is 9.72 Å². The molecule has 0 fully saturated rings. The van der Waals surface area contributed by atoms with Crippen molar-refractivity contribution in [3.8, 4) is 11.3 Å². The third-order valence-electron chi connectivity index (χ3n) is 11.5. The molecule has 6 heteroatoms. The summed E-state index contributed by atoms with van der Waals surface area (Å²) in [5.74, 6) is 1.58. The van der Waals surface area contributed by atoms with Crippen LogP contribution in [0.3, 0.4) is 0 Å². The average molecular weight is 895 g/mol. The minimum Gasteiger partial charge on any atom is -0.512 e. The molecule has 1 aliphatic carbocycles. The minimum atomic E-state index is -0.337. The largest absolute Gasteiger partial charge is 0.512 e.